The third kappa shape index (κ3) is 4.82. The Morgan fingerprint density at radius 2 is 2.07 bits per heavy atom. The molecule has 1 N–H and O–H groups in total. The Labute approximate surface area is 166 Å². The number of ketones is 1. The molecule has 29 heavy (non-hydrogen) atoms. The first-order chi connectivity index (χ1) is 13.7. The number of nitrogens with one attached hydrogen (secondary N) is 1. The van der Waals surface area contributed by atoms with Crippen molar-refractivity contribution in [2.45, 2.75) is 32.8 Å². The summed E-state index contributed by atoms with van der Waals surface area (Å²) in [4.78, 5) is 47.1. The fraction of sp³-hybridized carbons (Fsp3) is 0.526. The monoisotopic (exact) mass is 406 g/mol. The van der Waals surface area contributed by atoms with Gasteiger partial charge in [-0.3, -0.25) is 24.5 Å². The van der Waals surface area contributed by atoms with Crippen LogP contribution in [0.3, 0.4) is 0 Å². The molecule has 2 aliphatic rings. The number of rotatable bonds is 7. The van der Waals surface area contributed by atoms with Crippen LogP contribution in [0.25, 0.3) is 0 Å². The second kappa shape index (κ2) is 8.46. The summed E-state index contributed by atoms with van der Waals surface area (Å²) in [7, 11) is 0. The van der Waals surface area contributed by atoms with E-state index in [1.165, 1.54) is 6.92 Å². The minimum atomic E-state index is -1.10. The lowest BCUT2D eigenvalue weighted by Crippen LogP contribution is -2.32. The van der Waals surface area contributed by atoms with Crippen LogP contribution < -0.4 is 14.8 Å². The number of esters is 1. The van der Waals surface area contributed by atoms with Gasteiger partial charge in [-0.2, -0.15) is 0 Å². The number of nitrogens with zero attached hydrogens (tertiary/aromatic N) is 1. The molecule has 0 unspecified atom stereocenters. The number of ether oxygens (including phenoxy) is 3. The van der Waals surface area contributed by atoms with Gasteiger partial charge in [0.1, 0.15) is 5.78 Å². The Bertz CT molecular complexity index is 839. The molecule has 1 aliphatic heterocycles. The maximum absolute atomic E-state index is 12.3. The van der Waals surface area contributed by atoms with Crippen molar-refractivity contribution in [3.05, 3.63) is 28.3 Å². The number of carbonyl (C=O) groups is 3. The molecular formula is C19H22N2O8. The summed E-state index contributed by atoms with van der Waals surface area (Å²) < 4.78 is 15.6. The van der Waals surface area contributed by atoms with Crippen LogP contribution in [0.5, 0.6) is 11.5 Å². The topological polar surface area (TPSA) is 134 Å². The molecule has 4 atom stereocenters. The van der Waals surface area contributed by atoms with Crippen molar-refractivity contribution in [1.29, 1.82) is 0 Å². The summed E-state index contributed by atoms with van der Waals surface area (Å²) in [6.07, 6.45) is -1.17. The normalized spacial score (nSPS) is 23.5. The molecule has 10 nitrogen and oxygen atoms in total. The molecule has 3 rings (SSSR count). The second-order valence-corrected chi connectivity index (χ2v) is 7.33. The largest absolute Gasteiger partial charge is 0.454 e. The molecule has 0 spiro atoms. The summed E-state index contributed by atoms with van der Waals surface area (Å²) >= 11 is 0. The summed E-state index contributed by atoms with van der Waals surface area (Å²) in [5, 5.41) is 13.5. The predicted molar refractivity (Wildman–Crippen MR) is 99.0 cm³/mol. The molecule has 1 aromatic rings. The Balaban J connectivity index is 1.54. The van der Waals surface area contributed by atoms with E-state index in [1.54, 1.807) is 25.1 Å². The number of Topliss-reactive ketones (excluding diaryl/α,β-unsaturated/α-hetero) is 1. The minimum absolute atomic E-state index is 0.108. The summed E-state index contributed by atoms with van der Waals surface area (Å²) in [6.45, 7) is 2.91. The SMILES string of the molecule is C[C@H](OC(=O)C[C@@H]1C(=O)C[C@@H](C)[C@H]1C[N+](=O)[O-])C(=O)Nc1ccc2c(c1)OCO2. The minimum Gasteiger partial charge on any atom is -0.454 e. The van der Waals surface area contributed by atoms with Crippen molar-refractivity contribution in [1.82, 2.24) is 0 Å². The molecule has 156 valence electrons. The third-order valence-electron chi connectivity index (χ3n) is 5.25. The number of hydrogen-bond donors (Lipinski definition) is 1. The van der Waals surface area contributed by atoms with Crippen molar-refractivity contribution in [3.63, 3.8) is 0 Å². The van der Waals surface area contributed by atoms with Gasteiger partial charge in [0, 0.05) is 34.9 Å². The Morgan fingerprint density at radius 1 is 1.34 bits per heavy atom. The van der Waals surface area contributed by atoms with Crippen LogP contribution in [0, 0.1) is 27.9 Å². The highest BCUT2D eigenvalue weighted by Gasteiger charge is 2.44. The highest BCUT2D eigenvalue weighted by atomic mass is 16.7. The van der Waals surface area contributed by atoms with Gasteiger partial charge in [0.2, 0.25) is 13.3 Å². The molecule has 10 heteroatoms. The van der Waals surface area contributed by atoms with E-state index < -0.39 is 34.7 Å². The number of fused-ring (bicyclic) bond motifs is 1. The van der Waals surface area contributed by atoms with E-state index in [2.05, 4.69) is 5.32 Å². The summed E-state index contributed by atoms with van der Waals surface area (Å²) in [5.41, 5.74) is 0.452. The van der Waals surface area contributed by atoms with Crippen molar-refractivity contribution < 1.29 is 33.5 Å². The highest BCUT2D eigenvalue weighted by molar-refractivity contribution is 5.95. The molecule has 1 heterocycles. The van der Waals surface area contributed by atoms with E-state index in [1.807, 2.05) is 0 Å². The Morgan fingerprint density at radius 3 is 2.79 bits per heavy atom. The lowest BCUT2D eigenvalue weighted by atomic mass is 9.88. The number of benzene rings is 1. The van der Waals surface area contributed by atoms with Gasteiger partial charge in [-0.05, 0) is 25.0 Å². The fourth-order valence-corrected chi connectivity index (χ4v) is 3.70. The molecule has 0 aromatic heterocycles. The molecule has 0 radical (unpaired) electrons. The van der Waals surface area contributed by atoms with Crippen LogP contribution in [0.2, 0.25) is 0 Å². The van der Waals surface area contributed by atoms with Gasteiger partial charge in [-0.25, -0.2) is 0 Å². The molecule has 0 bridgehead atoms. The Kier molecular flexibility index (Phi) is 6.00. The van der Waals surface area contributed by atoms with Crippen molar-refractivity contribution in [3.8, 4) is 11.5 Å². The smallest absolute Gasteiger partial charge is 0.307 e. The van der Waals surface area contributed by atoms with Crippen molar-refractivity contribution in [2.24, 2.45) is 17.8 Å². The standard InChI is InChI=1S/C19H22N2O8/c1-10-5-15(22)13(14(10)8-21(25)26)7-18(23)29-11(2)19(24)20-12-3-4-16-17(6-12)28-9-27-16/h3-4,6,10-11,13-14H,5,7-9H2,1-2H3,(H,20,24)/t10-,11+,13+,14-/m1/s1. The highest BCUT2D eigenvalue weighted by Crippen LogP contribution is 2.37. The first kappa shape index (κ1) is 20.6. The van der Waals surface area contributed by atoms with Crippen LogP contribution in [0.4, 0.5) is 5.69 Å². The quantitative estimate of drug-likeness (QED) is 0.411. The van der Waals surface area contributed by atoms with E-state index in [-0.39, 0.29) is 37.9 Å². The number of hydrogen-bond acceptors (Lipinski definition) is 8. The van der Waals surface area contributed by atoms with Gasteiger partial charge in [-0.1, -0.05) is 6.92 Å². The van der Waals surface area contributed by atoms with E-state index in [4.69, 9.17) is 14.2 Å². The van der Waals surface area contributed by atoms with E-state index in [0.717, 1.165) is 0 Å². The summed E-state index contributed by atoms with van der Waals surface area (Å²) in [5.74, 6) is -1.84. The van der Waals surface area contributed by atoms with E-state index in [9.17, 15) is 24.5 Å². The number of nitro groups is 1. The van der Waals surface area contributed by atoms with Gasteiger partial charge < -0.3 is 19.5 Å². The van der Waals surface area contributed by atoms with E-state index in [0.29, 0.717) is 17.2 Å². The zero-order valence-corrected chi connectivity index (χ0v) is 16.1. The lowest BCUT2D eigenvalue weighted by Gasteiger charge is -2.18. The fourth-order valence-electron chi connectivity index (χ4n) is 3.70. The molecule has 1 amide bonds. The van der Waals surface area contributed by atoms with E-state index >= 15 is 0 Å². The van der Waals surface area contributed by atoms with Crippen LogP contribution in [0.15, 0.2) is 18.2 Å². The molecule has 1 saturated carbocycles. The molecule has 1 fully saturated rings. The first-order valence-corrected chi connectivity index (χ1v) is 9.29. The van der Waals surface area contributed by atoms with Gasteiger partial charge >= 0.3 is 5.97 Å². The zero-order valence-electron chi connectivity index (χ0n) is 16.1. The van der Waals surface area contributed by atoms with Crippen LogP contribution >= 0.6 is 0 Å². The van der Waals surface area contributed by atoms with Gasteiger partial charge in [0.25, 0.3) is 5.91 Å². The molecule has 0 saturated heterocycles. The molecule has 1 aliphatic carbocycles. The lowest BCUT2D eigenvalue weighted by molar-refractivity contribution is -0.490. The van der Waals surface area contributed by atoms with Gasteiger partial charge in [0.15, 0.2) is 17.6 Å². The van der Waals surface area contributed by atoms with Crippen molar-refractivity contribution >= 4 is 23.3 Å². The summed E-state index contributed by atoms with van der Waals surface area (Å²) in [6, 6.07) is 4.87. The van der Waals surface area contributed by atoms with Crippen LogP contribution in [-0.4, -0.2) is 42.0 Å². The Hall–Kier alpha value is -3.17. The van der Waals surface area contributed by atoms with Crippen LogP contribution in [0.1, 0.15) is 26.7 Å². The zero-order chi connectivity index (χ0) is 21.1. The van der Waals surface area contributed by atoms with Gasteiger partial charge in [0.05, 0.1) is 6.42 Å². The third-order valence-corrected chi connectivity index (χ3v) is 5.25. The predicted octanol–water partition coefficient (Wildman–Crippen LogP) is 1.79. The van der Waals surface area contributed by atoms with Crippen LogP contribution in [-0.2, 0) is 19.1 Å². The average molecular weight is 406 g/mol. The van der Waals surface area contributed by atoms with Gasteiger partial charge in [-0.15, -0.1) is 0 Å². The second-order valence-electron chi connectivity index (χ2n) is 7.33. The number of anilines is 1. The maximum Gasteiger partial charge on any atom is 0.307 e. The van der Waals surface area contributed by atoms with Crippen molar-refractivity contribution in [2.75, 3.05) is 18.7 Å². The maximum atomic E-state index is 12.3. The number of amides is 1. The average Bonchev–Trinajstić information content (AvgIpc) is 3.20. The first-order valence-electron chi connectivity index (χ1n) is 9.29. The molecular weight excluding hydrogens is 384 g/mol. The number of carbonyl (C=O) groups excluding carboxylic acids is 3. The molecule has 1 aromatic carbocycles.